The molecule has 0 aromatic heterocycles. The number of carbonyl (C=O) groups excluding carboxylic acids is 3. The molecular formula is C41H75NO6. The number of allylic oxidation sites excluding steroid dienone is 2. The monoisotopic (exact) mass is 678 g/mol. The predicted octanol–water partition coefficient (Wildman–Crippen LogP) is 10.8. The zero-order valence-corrected chi connectivity index (χ0v) is 31.8. The van der Waals surface area contributed by atoms with E-state index in [-0.39, 0.29) is 24.0 Å². The third-order valence-corrected chi connectivity index (χ3v) is 8.48. The minimum absolute atomic E-state index is 0.0248. The summed E-state index contributed by atoms with van der Waals surface area (Å²) in [6.07, 6.45) is 34.1. The van der Waals surface area contributed by atoms with Gasteiger partial charge in [0.05, 0.1) is 13.2 Å². The van der Waals surface area contributed by atoms with Crippen LogP contribution in [0.15, 0.2) is 24.3 Å². The fraction of sp³-hybridized carbons (Fsp3) is 0.829. The SMILES string of the molecule is CCCCC/C=C\CCOC(=O)CCCCCCCC(CCCCCCCC(=O)OCC/C=C\CCCCC)OC(=O)CCCN(C)C. The van der Waals surface area contributed by atoms with Crippen molar-refractivity contribution >= 4 is 17.9 Å². The maximum absolute atomic E-state index is 12.5. The van der Waals surface area contributed by atoms with E-state index in [1.54, 1.807) is 0 Å². The van der Waals surface area contributed by atoms with Crippen LogP contribution in [0.1, 0.15) is 181 Å². The van der Waals surface area contributed by atoms with E-state index < -0.39 is 0 Å². The standard InChI is InChI=1S/C41H75NO6/c1-5-7-9-11-13-21-27-36-46-39(43)32-25-19-15-17-23-30-38(48-41(45)34-29-35-42(3)4)31-24-18-16-20-26-33-40(44)47-37-28-22-14-12-10-8-6-2/h13-14,21-22,38H,5-12,15-20,23-37H2,1-4H3/b21-13-,22-14-. The normalized spacial score (nSPS) is 11.7. The van der Waals surface area contributed by atoms with Crippen LogP contribution in [0.25, 0.3) is 0 Å². The van der Waals surface area contributed by atoms with Gasteiger partial charge in [-0.1, -0.05) is 102 Å². The van der Waals surface area contributed by atoms with Gasteiger partial charge in [0, 0.05) is 19.3 Å². The molecule has 7 nitrogen and oxygen atoms in total. The third-order valence-electron chi connectivity index (χ3n) is 8.48. The van der Waals surface area contributed by atoms with Crippen LogP contribution in [0, 0.1) is 0 Å². The van der Waals surface area contributed by atoms with Gasteiger partial charge >= 0.3 is 17.9 Å². The van der Waals surface area contributed by atoms with E-state index in [1.165, 1.54) is 38.5 Å². The van der Waals surface area contributed by atoms with E-state index in [2.05, 4.69) is 43.1 Å². The average Bonchev–Trinajstić information content (AvgIpc) is 3.05. The Morgan fingerprint density at radius 2 is 0.917 bits per heavy atom. The van der Waals surface area contributed by atoms with E-state index in [1.807, 2.05) is 14.1 Å². The number of rotatable bonds is 35. The Labute approximate surface area is 296 Å². The van der Waals surface area contributed by atoms with Crippen LogP contribution >= 0.6 is 0 Å². The molecule has 48 heavy (non-hydrogen) atoms. The average molecular weight is 678 g/mol. The van der Waals surface area contributed by atoms with Crippen molar-refractivity contribution in [2.75, 3.05) is 33.9 Å². The van der Waals surface area contributed by atoms with Gasteiger partial charge < -0.3 is 19.1 Å². The third kappa shape index (κ3) is 35.2. The molecule has 0 amide bonds. The van der Waals surface area contributed by atoms with Crippen LogP contribution < -0.4 is 0 Å². The quantitative estimate of drug-likeness (QED) is 0.0286. The summed E-state index contributed by atoms with van der Waals surface area (Å²) >= 11 is 0. The van der Waals surface area contributed by atoms with Crippen LogP contribution in [0.5, 0.6) is 0 Å². The number of unbranched alkanes of at least 4 members (excludes halogenated alkanes) is 14. The molecule has 0 heterocycles. The molecular weight excluding hydrogens is 602 g/mol. The largest absolute Gasteiger partial charge is 0.465 e. The topological polar surface area (TPSA) is 82.1 Å². The summed E-state index contributed by atoms with van der Waals surface area (Å²) in [5.74, 6) is -0.267. The number of nitrogens with zero attached hydrogens (tertiary/aromatic N) is 1. The van der Waals surface area contributed by atoms with Crippen molar-refractivity contribution in [2.24, 2.45) is 0 Å². The van der Waals surface area contributed by atoms with Crippen LogP contribution in [0.2, 0.25) is 0 Å². The van der Waals surface area contributed by atoms with Crippen LogP contribution in [-0.4, -0.2) is 62.8 Å². The summed E-state index contributed by atoms with van der Waals surface area (Å²) in [7, 11) is 4.04. The summed E-state index contributed by atoms with van der Waals surface area (Å²) in [4.78, 5) is 38.6. The van der Waals surface area contributed by atoms with Gasteiger partial charge in [0.1, 0.15) is 6.10 Å². The predicted molar refractivity (Wildman–Crippen MR) is 200 cm³/mol. The Kier molecular flexibility index (Phi) is 34.5. The van der Waals surface area contributed by atoms with Gasteiger partial charge in [-0.2, -0.15) is 0 Å². The van der Waals surface area contributed by atoms with E-state index in [0.29, 0.717) is 32.5 Å². The molecule has 0 unspecified atom stereocenters. The number of hydrogen-bond acceptors (Lipinski definition) is 7. The molecule has 280 valence electrons. The molecule has 0 aromatic rings. The minimum Gasteiger partial charge on any atom is -0.465 e. The molecule has 7 heteroatoms. The summed E-state index contributed by atoms with van der Waals surface area (Å²) in [6.45, 7) is 6.25. The highest BCUT2D eigenvalue weighted by Gasteiger charge is 2.14. The molecule has 0 aromatic carbocycles. The second kappa shape index (κ2) is 36.1. The van der Waals surface area contributed by atoms with Crippen LogP contribution in [-0.2, 0) is 28.6 Å². The molecule has 0 spiro atoms. The molecule has 0 rings (SSSR count). The van der Waals surface area contributed by atoms with Crippen LogP contribution in [0.4, 0.5) is 0 Å². The van der Waals surface area contributed by atoms with Gasteiger partial charge in [-0.3, -0.25) is 14.4 Å². The highest BCUT2D eigenvalue weighted by molar-refractivity contribution is 5.70. The van der Waals surface area contributed by atoms with Gasteiger partial charge in [0.25, 0.3) is 0 Å². The molecule has 0 atom stereocenters. The first kappa shape index (κ1) is 45.9. The molecule has 0 radical (unpaired) electrons. The Morgan fingerprint density at radius 3 is 1.38 bits per heavy atom. The van der Waals surface area contributed by atoms with Gasteiger partial charge in [0.15, 0.2) is 0 Å². The summed E-state index contributed by atoms with van der Waals surface area (Å²) in [5.41, 5.74) is 0. The molecule has 0 saturated heterocycles. The first-order chi connectivity index (χ1) is 23.4. The zero-order valence-electron chi connectivity index (χ0n) is 31.8. The van der Waals surface area contributed by atoms with Gasteiger partial charge in [-0.15, -0.1) is 0 Å². The van der Waals surface area contributed by atoms with Crippen molar-refractivity contribution in [1.82, 2.24) is 4.90 Å². The number of ether oxygens (including phenoxy) is 3. The summed E-state index contributed by atoms with van der Waals surface area (Å²) < 4.78 is 16.6. The maximum Gasteiger partial charge on any atom is 0.306 e. The molecule has 0 aliphatic carbocycles. The van der Waals surface area contributed by atoms with E-state index >= 15 is 0 Å². The summed E-state index contributed by atoms with van der Waals surface area (Å²) in [6, 6.07) is 0. The Balaban J connectivity index is 4.10. The molecule has 0 N–H and O–H groups in total. The van der Waals surface area contributed by atoms with Crippen molar-refractivity contribution < 1.29 is 28.6 Å². The Morgan fingerprint density at radius 1 is 0.500 bits per heavy atom. The minimum atomic E-state index is -0.0907. The molecule has 0 fully saturated rings. The summed E-state index contributed by atoms with van der Waals surface area (Å²) in [5, 5.41) is 0. The van der Waals surface area contributed by atoms with E-state index in [4.69, 9.17) is 14.2 Å². The smallest absolute Gasteiger partial charge is 0.306 e. The Bertz CT molecular complexity index is 757. The second-order valence-corrected chi connectivity index (χ2v) is 13.6. The lowest BCUT2D eigenvalue weighted by Crippen LogP contribution is -2.20. The second-order valence-electron chi connectivity index (χ2n) is 13.6. The lowest BCUT2D eigenvalue weighted by atomic mass is 10.0. The van der Waals surface area contributed by atoms with Crippen molar-refractivity contribution in [3.63, 3.8) is 0 Å². The van der Waals surface area contributed by atoms with Crippen molar-refractivity contribution in [3.8, 4) is 0 Å². The Hall–Kier alpha value is -2.15. The van der Waals surface area contributed by atoms with E-state index in [0.717, 1.165) is 116 Å². The van der Waals surface area contributed by atoms with Crippen molar-refractivity contribution in [1.29, 1.82) is 0 Å². The maximum atomic E-state index is 12.5. The molecule has 0 aliphatic rings. The lowest BCUT2D eigenvalue weighted by Gasteiger charge is -2.18. The molecule has 0 saturated carbocycles. The molecule has 0 aliphatic heterocycles. The fourth-order valence-corrected chi connectivity index (χ4v) is 5.51. The number of carbonyl (C=O) groups is 3. The lowest BCUT2D eigenvalue weighted by molar-refractivity contribution is -0.150. The first-order valence-corrected chi connectivity index (χ1v) is 19.8. The number of esters is 3. The van der Waals surface area contributed by atoms with Crippen molar-refractivity contribution in [3.05, 3.63) is 24.3 Å². The van der Waals surface area contributed by atoms with Crippen LogP contribution in [0.3, 0.4) is 0 Å². The zero-order chi connectivity index (χ0) is 35.3. The van der Waals surface area contributed by atoms with Gasteiger partial charge in [-0.25, -0.2) is 0 Å². The number of hydrogen-bond donors (Lipinski definition) is 0. The highest BCUT2D eigenvalue weighted by Crippen LogP contribution is 2.18. The highest BCUT2D eigenvalue weighted by atomic mass is 16.5. The molecule has 0 bridgehead atoms. The first-order valence-electron chi connectivity index (χ1n) is 19.8. The van der Waals surface area contributed by atoms with Crippen molar-refractivity contribution in [2.45, 2.75) is 187 Å². The van der Waals surface area contributed by atoms with Gasteiger partial charge in [-0.05, 0) is 104 Å². The van der Waals surface area contributed by atoms with E-state index in [9.17, 15) is 14.4 Å². The fourth-order valence-electron chi connectivity index (χ4n) is 5.51. The van der Waals surface area contributed by atoms with Gasteiger partial charge in [0.2, 0.25) is 0 Å².